The number of piperidine rings is 1. The van der Waals surface area contributed by atoms with E-state index in [0.717, 1.165) is 19.3 Å². The zero-order valence-corrected chi connectivity index (χ0v) is 14.2. The molecule has 1 aromatic rings. The Labute approximate surface area is 135 Å². The van der Waals surface area contributed by atoms with Crippen LogP contribution in [0, 0.1) is 0 Å². The van der Waals surface area contributed by atoms with Crippen molar-refractivity contribution in [2.45, 2.75) is 76.7 Å². The molecule has 1 aromatic heterocycles. The smallest absolute Gasteiger partial charge is 0.290 e. The maximum absolute atomic E-state index is 13.0. The van der Waals surface area contributed by atoms with Crippen molar-refractivity contribution in [1.82, 2.24) is 10.0 Å². The van der Waals surface area contributed by atoms with E-state index in [-0.39, 0.29) is 11.1 Å². The molecule has 1 aliphatic heterocycles. The lowest BCUT2D eigenvalue weighted by molar-refractivity contribution is -0.319. The van der Waals surface area contributed by atoms with E-state index in [2.05, 4.69) is 4.98 Å². The Morgan fingerprint density at radius 2 is 1.65 bits per heavy atom. The molecule has 0 aromatic carbocycles. The van der Waals surface area contributed by atoms with Gasteiger partial charge >= 0.3 is 6.18 Å². The highest BCUT2D eigenvalue weighted by Crippen LogP contribution is 2.42. The van der Waals surface area contributed by atoms with Crippen LogP contribution < -0.4 is 0 Å². The molecule has 0 radical (unpaired) electrons. The topological polar surface area (TPSA) is 25.4 Å². The van der Waals surface area contributed by atoms with E-state index in [0.29, 0.717) is 5.56 Å². The Kier molecular flexibility index (Phi) is 5.06. The number of nitrogens with zero attached hydrogens (tertiary/aromatic N) is 2. The molecule has 1 aliphatic rings. The predicted molar refractivity (Wildman–Crippen MR) is 82.6 cm³/mol. The zero-order chi connectivity index (χ0) is 17.3. The van der Waals surface area contributed by atoms with Crippen molar-refractivity contribution in [3.8, 4) is 0 Å². The Morgan fingerprint density at radius 3 is 2.13 bits per heavy atom. The van der Waals surface area contributed by atoms with E-state index in [1.54, 1.807) is 17.2 Å². The monoisotopic (exact) mass is 330 g/mol. The van der Waals surface area contributed by atoms with Gasteiger partial charge in [0.1, 0.15) is 6.10 Å². The van der Waals surface area contributed by atoms with E-state index in [4.69, 9.17) is 4.84 Å². The van der Waals surface area contributed by atoms with Gasteiger partial charge < -0.3 is 0 Å². The van der Waals surface area contributed by atoms with Gasteiger partial charge in [-0.05, 0) is 64.7 Å². The average molecular weight is 330 g/mol. The fourth-order valence-electron chi connectivity index (χ4n) is 3.39. The van der Waals surface area contributed by atoms with Gasteiger partial charge in [-0.15, -0.1) is 0 Å². The Balaban J connectivity index is 2.29. The molecule has 2 heterocycles. The number of halogens is 3. The number of rotatable bonds is 4. The van der Waals surface area contributed by atoms with E-state index >= 15 is 0 Å². The minimum Gasteiger partial charge on any atom is -0.290 e. The Morgan fingerprint density at radius 1 is 1.13 bits per heavy atom. The molecule has 6 heteroatoms. The lowest BCUT2D eigenvalue weighted by Crippen LogP contribution is -2.58. The molecule has 0 spiro atoms. The summed E-state index contributed by atoms with van der Waals surface area (Å²) >= 11 is 0. The van der Waals surface area contributed by atoms with E-state index < -0.39 is 18.7 Å². The molecule has 0 aliphatic carbocycles. The number of aromatic nitrogens is 1. The van der Waals surface area contributed by atoms with Crippen molar-refractivity contribution in [3.63, 3.8) is 0 Å². The molecular weight excluding hydrogens is 305 g/mol. The van der Waals surface area contributed by atoms with Gasteiger partial charge in [-0.2, -0.15) is 18.2 Å². The minimum atomic E-state index is -4.29. The Bertz CT molecular complexity index is 498. The van der Waals surface area contributed by atoms with E-state index in [1.165, 1.54) is 12.4 Å². The average Bonchev–Trinajstić information content (AvgIpc) is 2.41. The van der Waals surface area contributed by atoms with Crippen molar-refractivity contribution in [2.75, 3.05) is 0 Å². The summed E-state index contributed by atoms with van der Waals surface area (Å²) in [5.74, 6) is 0. The molecule has 1 fully saturated rings. The van der Waals surface area contributed by atoms with Gasteiger partial charge in [-0.3, -0.25) is 9.82 Å². The van der Waals surface area contributed by atoms with Crippen LogP contribution in [0.3, 0.4) is 0 Å². The Hall–Kier alpha value is -1.14. The third-order valence-corrected chi connectivity index (χ3v) is 4.40. The predicted octanol–water partition coefficient (Wildman–Crippen LogP) is 5.05. The van der Waals surface area contributed by atoms with Crippen molar-refractivity contribution in [3.05, 3.63) is 30.1 Å². The summed E-state index contributed by atoms with van der Waals surface area (Å²) < 4.78 is 39.0. The van der Waals surface area contributed by atoms with Crippen molar-refractivity contribution in [1.29, 1.82) is 0 Å². The standard InChI is InChI=1S/C17H25F3N2O/c1-15(2)8-5-9-16(3,4)22(15)23-14(12-17(18,19)20)13-6-10-21-11-7-13/h6-7,10-11,14H,5,8-9,12H2,1-4H3. The SMILES string of the molecule is CC1(C)CCCC(C)(C)N1OC(CC(F)(F)F)c1ccncc1. The maximum atomic E-state index is 13.0. The van der Waals surface area contributed by atoms with Crippen LogP contribution in [0.5, 0.6) is 0 Å². The fraction of sp³-hybridized carbons (Fsp3) is 0.706. The molecule has 130 valence electrons. The van der Waals surface area contributed by atoms with Crippen LogP contribution in [0.2, 0.25) is 0 Å². The second-order valence-corrected chi connectivity index (χ2v) is 7.47. The van der Waals surface area contributed by atoms with E-state index in [1.807, 2.05) is 27.7 Å². The van der Waals surface area contributed by atoms with Crippen molar-refractivity contribution < 1.29 is 18.0 Å². The third kappa shape index (κ3) is 4.67. The molecule has 1 atom stereocenters. The molecule has 2 rings (SSSR count). The molecule has 0 N–H and O–H groups in total. The lowest BCUT2D eigenvalue weighted by atomic mass is 9.82. The number of hydrogen-bond acceptors (Lipinski definition) is 3. The van der Waals surface area contributed by atoms with Crippen LogP contribution in [0.4, 0.5) is 13.2 Å². The molecule has 0 amide bonds. The molecule has 23 heavy (non-hydrogen) atoms. The number of pyridine rings is 1. The second-order valence-electron chi connectivity index (χ2n) is 7.47. The molecule has 3 nitrogen and oxygen atoms in total. The maximum Gasteiger partial charge on any atom is 0.392 e. The van der Waals surface area contributed by atoms with E-state index in [9.17, 15) is 13.2 Å². The number of hydrogen-bond donors (Lipinski definition) is 0. The lowest BCUT2D eigenvalue weighted by Gasteiger charge is -2.52. The fourth-order valence-corrected chi connectivity index (χ4v) is 3.39. The van der Waals surface area contributed by atoms with Crippen LogP contribution in [-0.4, -0.2) is 27.3 Å². The van der Waals surface area contributed by atoms with Gasteiger partial charge in [0.05, 0.1) is 6.42 Å². The van der Waals surface area contributed by atoms with Gasteiger partial charge in [-0.25, -0.2) is 0 Å². The van der Waals surface area contributed by atoms with Gasteiger partial charge in [-0.1, -0.05) is 0 Å². The zero-order valence-electron chi connectivity index (χ0n) is 14.2. The minimum absolute atomic E-state index is 0.307. The summed E-state index contributed by atoms with van der Waals surface area (Å²) in [6.07, 6.45) is -0.550. The second kappa shape index (κ2) is 6.40. The first-order valence-corrected chi connectivity index (χ1v) is 7.95. The quantitative estimate of drug-likeness (QED) is 0.772. The summed E-state index contributed by atoms with van der Waals surface area (Å²) in [4.78, 5) is 9.85. The van der Waals surface area contributed by atoms with Gasteiger partial charge in [0, 0.05) is 23.5 Å². The van der Waals surface area contributed by atoms with Crippen LogP contribution >= 0.6 is 0 Å². The van der Waals surface area contributed by atoms with Gasteiger partial charge in [0.25, 0.3) is 0 Å². The summed E-state index contributed by atoms with van der Waals surface area (Å²) in [6, 6.07) is 3.17. The van der Waals surface area contributed by atoms with Gasteiger partial charge in [0.2, 0.25) is 0 Å². The summed E-state index contributed by atoms with van der Waals surface area (Å²) in [6.45, 7) is 8.08. The van der Waals surface area contributed by atoms with Crippen LogP contribution in [0.15, 0.2) is 24.5 Å². The van der Waals surface area contributed by atoms with Gasteiger partial charge in [0.15, 0.2) is 0 Å². The highest BCUT2D eigenvalue weighted by atomic mass is 19.4. The first kappa shape index (κ1) is 18.2. The molecule has 0 saturated carbocycles. The van der Waals surface area contributed by atoms with Crippen molar-refractivity contribution >= 4 is 0 Å². The van der Waals surface area contributed by atoms with Crippen LogP contribution in [0.1, 0.15) is 65.0 Å². The highest BCUT2D eigenvalue weighted by Gasteiger charge is 2.45. The molecule has 1 saturated heterocycles. The van der Waals surface area contributed by atoms with Crippen LogP contribution in [-0.2, 0) is 4.84 Å². The van der Waals surface area contributed by atoms with Crippen molar-refractivity contribution in [2.24, 2.45) is 0 Å². The highest BCUT2D eigenvalue weighted by molar-refractivity contribution is 5.13. The first-order chi connectivity index (χ1) is 10.5. The first-order valence-electron chi connectivity index (χ1n) is 7.95. The van der Waals surface area contributed by atoms with Crippen LogP contribution in [0.25, 0.3) is 0 Å². The summed E-state index contributed by atoms with van der Waals surface area (Å²) in [7, 11) is 0. The summed E-state index contributed by atoms with van der Waals surface area (Å²) in [5.41, 5.74) is -0.119. The molecular formula is C17H25F3N2O. The normalized spacial score (nSPS) is 22.7. The largest absolute Gasteiger partial charge is 0.392 e. The third-order valence-electron chi connectivity index (χ3n) is 4.40. The molecule has 0 bridgehead atoms. The number of alkyl halides is 3. The summed E-state index contributed by atoms with van der Waals surface area (Å²) in [5, 5.41) is 1.78. The number of hydroxylamine groups is 2. The molecule has 1 unspecified atom stereocenters.